The highest BCUT2D eigenvalue weighted by Crippen LogP contribution is 2.08. The highest BCUT2D eigenvalue weighted by molar-refractivity contribution is 7.95. The average Bonchev–Trinajstić information content (AvgIpc) is 2.19. The molecule has 4 heteroatoms. The molecule has 0 atom stereocenters. The van der Waals surface area contributed by atoms with E-state index in [2.05, 4.69) is 9.03 Å². The number of rotatable bonds is 2. The van der Waals surface area contributed by atoms with Gasteiger partial charge in [-0.15, -0.1) is 0 Å². The standard InChI is InChI=1S/C4H11N3S/c5-1-3-7-4-2-6-8-7/h6H,1-5H2. The van der Waals surface area contributed by atoms with Crippen molar-refractivity contribution in [3.05, 3.63) is 0 Å². The SMILES string of the molecule is NCCN1CCNS1. The van der Waals surface area contributed by atoms with Gasteiger partial charge >= 0.3 is 0 Å². The van der Waals surface area contributed by atoms with Gasteiger partial charge in [-0.3, -0.25) is 0 Å². The molecule has 8 heavy (non-hydrogen) atoms. The minimum atomic E-state index is 0.759. The first-order chi connectivity index (χ1) is 3.93. The number of nitrogens with zero attached hydrogens (tertiary/aromatic N) is 1. The molecule has 0 radical (unpaired) electrons. The van der Waals surface area contributed by atoms with Crippen molar-refractivity contribution < 1.29 is 0 Å². The molecular formula is C4H11N3S. The first-order valence-electron chi connectivity index (χ1n) is 2.78. The third-order valence-corrected chi connectivity index (χ3v) is 1.99. The third kappa shape index (κ3) is 1.63. The van der Waals surface area contributed by atoms with Gasteiger partial charge in [0.2, 0.25) is 0 Å². The summed E-state index contributed by atoms with van der Waals surface area (Å²) < 4.78 is 5.37. The molecule has 3 nitrogen and oxygen atoms in total. The molecular weight excluding hydrogens is 122 g/mol. The van der Waals surface area contributed by atoms with Crippen LogP contribution in [0.2, 0.25) is 0 Å². The van der Waals surface area contributed by atoms with Crippen LogP contribution in [-0.2, 0) is 0 Å². The molecule has 1 aliphatic rings. The minimum Gasteiger partial charge on any atom is -0.329 e. The van der Waals surface area contributed by atoms with E-state index in [0.717, 1.165) is 26.2 Å². The summed E-state index contributed by atoms with van der Waals surface area (Å²) in [6, 6.07) is 0. The van der Waals surface area contributed by atoms with Crippen LogP contribution in [0.1, 0.15) is 0 Å². The van der Waals surface area contributed by atoms with Gasteiger partial charge in [-0.05, 0) is 0 Å². The summed E-state index contributed by atoms with van der Waals surface area (Å²) in [6.07, 6.45) is 0. The Labute approximate surface area is 53.9 Å². The van der Waals surface area contributed by atoms with Crippen molar-refractivity contribution in [3.8, 4) is 0 Å². The predicted molar refractivity (Wildman–Crippen MR) is 36.2 cm³/mol. The van der Waals surface area contributed by atoms with Gasteiger partial charge in [-0.1, -0.05) is 0 Å². The fourth-order valence-corrected chi connectivity index (χ4v) is 1.40. The van der Waals surface area contributed by atoms with Crippen molar-refractivity contribution in [1.82, 2.24) is 9.03 Å². The van der Waals surface area contributed by atoms with E-state index in [-0.39, 0.29) is 0 Å². The van der Waals surface area contributed by atoms with Crippen LogP contribution in [-0.4, -0.2) is 30.5 Å². The van der Waals surface area contributed by atoms with Gasteiger partial charge < -0.3 is 5.73 Å². The number of hydrogen-bond donors (Lipinski definition) is 2. The van der Waals surface area contributed by atoms with Crippen molar-refractivity contribution in [2.45, 2.75) is 0 Å². The second-order valence-corrected chi connectivity index (χ2v) is 2.69. The molecule has 0 aromatic rings. The monoisotopic (exact) mass is 133 g/mol. The summed E-state index contributed by atoms with van der Waals surface area (Å²) in [7, 11) is 0. The Morgan fingerprint density at radius 2 is 2.62 bits per heavy atom. The van der Waals surface area contributed by atoms with Crippen molar-refractivity contribution in [2.75, 3.05) is 26.2 Å². The quantitative estimate of drug-likeness (QED) is 0.494. The van der Waals surface area contributed by atoms with Gasteiger partial charge in [0.05, 0.1) is 0 Å². The second-order valence-electron chi connectivity index (χ2n) is 1.70. The Bertz CT molecular complexity index is 62.3. The Kier molecular flexibility index (Phi) is 2.62. The van der Waals surface area contributed by atoms with Gasteiger partial charge in [0, 0.05) is 38.3 Å². The summed E-state index contributed by atoms with van der Waals surface area (Å²) in [5.41, 5.74) is 5.33. The number of nitrogens with one attached hydrogen (secondary N) is 1. The lowest BCUT2D eigenvalue weighted by Gasteiger charge is -2.07. The van der Waals surface area contributed by atoms with E-state index in [1.54, 1.807) is 12.1 Å². The first-order valence-corrected chi connectivity index (χ1v) is 3.55. The summed E-state index contributed by atoms with van der Waals surface area (Å²) >= 11 is 1.67. The molecule has 1 aliphatic heterocycles. The zero-order valence-electron chi connectivity index (χ0n) is 4.76. The molecule has 0 spiro atoms. The maximum absolute atomic E-state index is 5.33. The second kappa shape index (κ2) is 3.29. The summed E-state index contributed by atoms with van der Waals surface area (Å²) in [4.78, 5) is 0. The van der Waals surface area contributed by atoms with E-state index in [1.807, 2.05) is 0 Å². The van der Waals surface area contributed by atoms with E-state index in [9.17, 15) is 0 Å². The van der Waals surface area contributed by atoms with E-state index in [1.165, 1.54) is 0 Å². The molecule has 1 heterocycles. The molecule has 0 unspecified atom stereocenters. The fourth-order valence-electron chi connectivity index (χ4n) is 0.654. The molecule has 1 fully saturated rings. The lowest BCUT2D eigenvalue weighted by atomic mass is 10.6. The maximum atomic E-state index is 5.33. The van der Waals surface area contributed by atoms with Crippen LogP contribution in [0.5, 0.6) is 0 Å². The molecule has 0 saturated carbocycles. The summed E-state index contributed by atoms with van der Waals surface area (Å²) in [5, 5.41) is 0. The first kappa shape index (κ1) is 6.35. The van der Waals surface area contributed by atoms with Crippen molar-refractivity contribution >= 4 is 12.1 Å². The summed E-state index contributed by atoms with van der Waals surface area (Å²) in [5.74, 6) is 0. The molecule has 1 rings (SSSR count). The minimum absolute atomic E-state index is 0.759. The molecule has 0 aromatic carbocycles. The highest BCUT2D eigenvalue weighted by atomic mass is 32.2. The van der Waals surface area contributed by atoms with Crippen molar-refractivity contribution in [2.24, 2.45) is 5.73 Å². The summed E-state index contributed by atoms with van der Waals surface area (Å²) in [6.45, 7) is 3.97. The van der Waals surface area contributed by atoms with Crippen LogP contribution < -0.4 is 10.5 Å². The highest BCUT2D eigenvalue weighted by Gasteiger charge is 2.09. The molecule has 48 valence electrons. The molecule has 0 bridgehead atoms. The Balaban J connectivity index is 2.06. The fraction of sp³-hybridized carbons (Fsp3) is 1.00. The van der Waals surface area contributed by atoms with Gasteiger partial charge in [0.15, 0.2) is 0 Å². The van der Waals surface area contributed by atoms with Gasteiger partial charge in [-0.25, -0.2) is 9.03 Å². The lowest BCUT2D eigenvalue weighted by Crippen LogP contribution is -2.21. The van der Waals surface area contributed by atoms with E-state index in [0.29, 0.717) is 0 Å². The molecule has 0 aromatic heterocycles. The Hall–Kier alpha value is 0.230. The van der Waals surface area contributed by atoms with E-state index >= 15 is 0 Å². The lowest BCUT2D eigenvalue weighted by molar-refractivity contribution is 0.517. The van der Waals surface area contributed by atoms with Crippen molar-refractivity contribution in [3.63, 3.8) is 0 Å². The molecule has 0 amide bonds. The third-order valence-electron chi connectivity index (χ3n) is 1.04. The molecule has 3 N–H and O–H groups in total. The van der Waals surface area contributed by atoms with Crippen LogP contribution in [0, 0.1) is 0 Å². The van der Waals surface area contributed by atoms with E-state index in [4.69, 9.17) is 5.73 Å². The van der Waals surface area contributed by atoms with Crippen LogP contribution >= 0.6 is 12.1 Å². The van der Waals surface area contributed by atoms with E-state index < -0.39 is 0 Å². The molecule has 1 saturated heterocycles. The number of nitrogens with two attached hydrogens (primary N) is 1. The zero-order chi connectivity index (χ0) is 5.82. The smallest absolute Gasteiger partial charge is 0.0237 e. The van der Waals surface area contributed by atoms with Crippen LogP contribution in [0.4, 0.5) is 0 Å². The molecule has 0 aliphatic carbocycles. The number of hydrogen-bond acceptors (Lipinski definition) is 4. The van der Waals surface area contributed by atoms with Crippen LogP contribution in [0.15, 0.2) is 0 Å². The van der Waals surface area contributed by atoms with Gasteiger partial charge in [0.25, 0.3) is 0 Å². The Morgan fingerprint density at radius 3 is 3.12 bits per heavy atom. The van der Waals surface area contributed by atoms with Gasteiger partial charge in [0.1, 0.15) is 0 Å². The maximum Gasteiger partial charge on any atom is 0.0237 e. The topological polar surface area (TPSA) is 41.3 Å². The van der Waals surface area contributed by atoms with Crippen LogP contribution in [0.25, 0.3) is 0 Å². The largest absolute Gasteiger partial charge is 0.329 e. The Morgan fingerprint density at radius 1 is 1.75 bits per heavy atom. The van der Waals surface area contributed by atoms with Crippen LogP contribution in [0.3, 0.4) is 0 Å². The normalized spacial score (nSPS) is 22.1. The van der Waals surface area contributed by atoms with Crippen molar-refractivity contribution in [1.29, 1.82) is 0 Å². The zero-order valence-corrected chi connectivity index (χ0v) is 5.58. The predicted octanol–water partition coefficient (Wildman–Crippen LogP) is -0.587. The average molecular weight is 133 g/mol. The van der Waals surface area contributed by atoms with Gasteiger partial charge in [-0.2, -0.15) is 0 Å².